The summed E-state index contributed by atoms with van der Waals surface area (Å²) in [6.07, 6.45) is 8.90. The molecule has 1 atom stereocenters. The van der Waals surface area contributed by atoms with Crippen molar-refractivity contribution >= 4 is 39.1 Å². The zero-order valence-electron chi connectivity index (χ0n) is 18.8. The monoisotopic (exact) mass is 520 g/mol. The second-order valence-electron chi connectivity index (χ2n) is 8.57. The minimum Gasteiger partial charge on any atom is -0.328 e. The third kappa shape index (κ3) is 5.89. The average Bonchev–Trinajstić information content (AvgIpc) is 3.27. The highest BCUT2D eigenvalue weighted by atomic mass is 35.5. The molecule has 1 heterocycles. The van der Waals surface area contributed by atoms with Gasteiger partial charge in [-0.25, -0.2) is 4.98 Å². The highest BCUT2D eigenvalue weighted by Gasteiger charge is 2.24. The minimum atomic E-state index is -3.57. The lowest BCUT2D eigenvalue weighted by molar-refractivity contribution is 0.102. The third-order valence-electron chi connectivity index (χ3n) is 6.15. The molecule has 1 aliphatic carbocycles. The third-order valence-corrected chi connectivity index (χ3v) is 7.49. The standard InChI is InChI=1S/C25H26Cl2N2O4S/c1-34(31,32)33-14-11-19(18-9-10-22(26)23(27)15-18)16-29-13-12-28-25(29)24(30)21-8-4-6-17-5-2-3-7-20(17)21/h4,6,8-10,12-13,15,19H,2-3,5,7,11,14,16H2,1H3. The molecule has 6 nitrogen and oxygen atoms in total. The first-order valence-corrected chi connectivity index (χ1v) is 13.8. The molecule has 0 N–H and O–H groups in total. The van der Waals surface area contributed by atoms with Crippen molar-refractivity contribution < 1.29 is 17.4 Å². The lowest BCUT2D eigenvalue weighted by atomic mass is 9.87. The first-order valence-electron chi connectivity index (χ1n) is 11.2. The topological polar surface area (TPSA) is 78.3 Å². The Morgan fingerprint density at radius 3 is 2.71 bits per heavy atom. The Labute approximate surface area is 210 Å². The molecule has 0 spiro atoms. The summed E-state index contributed by atoms with van der Waals surface area (Å²) >= 11 is 12.3. The predicted octanol–water partition coefficient (Wildman–Crippen LogP) is 5.45. The van der Waals surface area contributed by atoms with E-state index in [2.05, 4.69) is 11.1 Å². The number of rotatable bonds is 9. The predicted molar refractivity (Wildman–Crippen MR) is 133 cm³/mol. The van der Waals surface area contributed by atoms with Crippen LogP contribution in [0.2, 0.25) is 10.0 Å². The van der Waals surface area contributed by atoms with E-state index in [1.165, 1.54) is 5.56 Å². The molecule has 4 rings (SSSR count). The molecular formula is C25H26Cl2N2O4S. The van der Waals surface area contributed by atoms with Crippen LogP contribution in [-0.4, -0.2) is 36.6 Å². The Balaban J connectivity index is 1.62. The molecule has 0 amide bonds. The second-order valence-corrected chi connectivity index (χ2v) is 11.0. The van der Waals surface area contributed by atoms with E-state index in [9.17, 15) is 13.2 Å². The molecule has 1 aromatic heterocycles. The Morgan fingerprint density at radius 2 is 1.94 bits per heavy atom. The van der Waals surface area contributed by atoms with Gasteiger partial charge in [-0.2, -0.15) is 8.42 Å². The van der Waals surface area contributed by atoms with E-state index in [1.54, 1.807) is 24.5 Å². The van der Waals surface area contributed by atoms with E-state index >= 15 is 0 Å². The van der Waals surface area contributed by atoms with Gasteiger partial charge < -0.3 is 4.57 Å². The summed E-state index contributed by atoms with van der Waals surface area (Å²) in [7, 11) is -3.57. The number of halogens is 2. The maximum Gasteiger partial charge on any atom is 0.264 e. The van der Waals surface area contributed by atoms with Crippen molar-refractivity contribution in [2.45, 2.75) is 44.6 Å². The molecule has 2 aromatic carbocycles. The van der Waals surface area contributed by atoms with Gasteiger partial charge in [-0.3, -0.25) is 8.98 Å². The van der Waals surface area contributed by atoms with Crippen molar-refractivity contribution in [1.29, 1.82) is 0 Å². The van der Waals surface area contributed by atoms with Gasteiger partial charge in [-0.1, -0.05) is 47.5 Å². The fraction of sp³-hybridized carbons (Fsp3) is 0.360. The summed E-state index contributed by atoms with van der Waals surface area (Å²) in [5.41, 5.74) is 3.93. The van der Waals surface area contributed by atoms with E-state index in [4.69, 9.17) is 27.4 Å². The van der Waals surface area contributed by atoms with Crippen LogP contribution < -0.4 is 0 Å². The van der Waals surface area contributed by atoms with E-state index in [0.29, 0.717) is 34.4 Å². The molecule has 0 radical (unpaired) electrons. The number of fused-ring (bicyclic) bond motifs is 1. The number of carbonyl (C=O) groups excluding carboxylic acids is 1. The Bertz CT molecular complexity index is 1300. The van der Waals surface area contributed by atoms with Gasteiger partial charge in [-0.15, -0.1) is 0 Å². The van der Waals surface area contributed by atoms with Crippen LogP contribution in [0.15, 0.2) is 48.8 Å². The number of benzene rings is 2. The fourth-order valence-electron chi connectivity index (χ4n) is 4.49. The van der Waals surface area contributed by atoms with Crippen molar-refractivity contribution in [3.63, 3.8) is 0 Å². The Hall–Kier alpha value is -2.19. The van der Waals surface area contributed by atoms with Gasteiger partial charge in [0.2, 0.25) is 5.78 Å². The molecule has 1 unspecified atom stereocenters. The number of aromatic nitrogens is 2. The lowest BCUT2D eigenvalue weighted by Crippen LogP contribution is -2.19. The van der Waals surface area contributed by atoms with Crippen LogP contribution in [-0.2, 0) is 33.7 Å². The van der Waals surface area contributed by atoms with Gasteiger partial charge in [0, 0.05) is 30.4 Å². The molecule has 0 fully saturated rings. The van der Waals surface area contributed by atoms with Crippen molar-refractivity contribution in [3.8, 4) is 0 Å². The normalized spacial score (nSPS) is 14.6. The van der Waals surface area contributed by atoms with Gasteiger partial charge in [0.05, 0.1) is 22.9 Å². The number of aryl methyl sites for hydroxylation is 1. The van der Waals surface area contributed by atoms with Crippen molar-refractivity contribution in [2.75, 3.05) is 12.9 Å². The fourth-order valence-corrected chi connectivity index (χ4v) is 5.19. The van der Waals surface area contributed by atoms with Gasteiger partial charge >= 0.3 is 0 Å². The van der Waals surface area contributed by atoms with Gasteiger partial charge in [-0.05, 0) is 60.9 Å². The van der Waals surface area contributed by atoms with Crippen molar-refractivity contribution in [3.05, 3.63) is 86.9 Å². The number of hydrogen-bond acceptors (Lipinski definition) is 5. The van der Waals surface area contributed by atoms with Crippen LogP contribution >= 0.6 is 23.2 Å². The van der Waals surface area contributed by atoms with Gasteiger partial charge in [0.25, 0.3) is 10.1 Å². The summed E-state index contributed by atoms with van der Waals surface area (Å²) in [5, 5.41) is 0.843. The van der Waals surface area contributed by atoms with E-state index in [0.717, 1.165) is 43.1 Å². The highest BCUT2D eigenvalue weighted by Crippen LogP contribution is 2.30. The van der Waals surface area contributed by atoms with Crippen molar-refractivity contribution in [2.24, 2.45) is 0 Å². The smallest absolute Gasteiger partial charge is 0.264 e. The molecule has 9 heteroatoms. The SMILES string of the molecule is CS(=O)(=O)OCCC(Cn1ccnc1C(=O)c1cccc2c1CCCC2)c1ccc(Cl)c(Cl)c1. The van der Waals surface area contributed by atoms with Crippen LogP contribution in [0.4, 0.5) is 0 Å². The summed E-state index contributed by atoms with van der Waals surface area (Å²) in [4.78, 5) is 17.9. The van der Waals surface area contributed by atoms with Gasteiger partial charge in [0.15, 0.2) is 5.82 Å². The lowest BCUT2D eigenvalue weighted by Gasteiger charge is -2.21. The minimum absolute atomic E-state index is 0.00785. The summed E-state index contributed by atoms with van der Waals surface area (Å²) in [6.45, 7) is 0.412. The molecular weight excluding hydrogens is 495 g/mol. The summed E-state index contributed by atoms with van der Waals surface area (Å²) in [5.74, 6) is 0.0686. The summed E-state index contributed by atoms with van der Waals surface area (Å²) < 4.78 is 29.7. The average molecular weight is 521 g/mol. The maximum absolute atomic E-state index is 13.5. The van der Waals surface area contributed by atoms with Gasteiger partial charge in [0.1, 0.15) is 0 Å². The molecule has 1 aliphatic rings. The largest absolute Gasteiger partial charge is 0.328 e. The van der Waals surface area contributed by atoms with E-state index < -0.39 is 10.1 Å². The molecule has 0 saturated carbocycles. The van der Waals surface area contributed by atoms with E-state index in [1.807, 2.05) is 22.8 Å². The van der Waals surface area contributed by atoms with Crippen LogP contribution in [0.1, 0.15) is 58.1 Å². The quantitative estimate of drug-likeness (QED) is 0.277. The molecule has 180 valence electrons. The van der Waals surface area contributed by atoms with Crippen molar-refractivity contribution in [1.82, 2.24) is 9.55 Å². The van der Waals surface area contributed by atoms with Crippen LogP contribution in [0.25, 0.3) is 0 Å². The number of carbonyl (C=O) groups is 1. The Kier molecular flexibility index (Phi) is 7.77. The van der Waals surface area contributed by atoms with E-state index in [-0.39, 0.29) is 18.3 Å². The molecule has 0 saturated heterocycles. The number of hydrogen-bond donors (Lipinski definition) is 0. The summed E-state index contributed by atoms with van der Waals surface area (Å²) in [6, 6.07) is 11.2. The number of imidazole rings is 1. The highest BCUT2D eigenvalue weighted by molar-refractivity contribution is 7.85. The first-order chi connectivity index (χ1) is 16.2. The van der Waals surface area contributed by atoms with Crippen LogP contribution in [0, 0.1) is 0 Å². The zero-order valence-corrected chi connectivity index (χ0v) is 21.2. The molecule has 0 aliphatic heterocycles. The van der Waals surface area contributed by atoms with Crippen LogP contribution in [0.5, 0.6) is 0 Å². The zero-order chi connectivity index (χ0) is 24.3. The van der Waals surface area contributed by atoms with Crippen LogP contribution in [0.3, 0.4) is 0 Å². The Morgan fingerprint density at radius 1 is 1.15 bits per heavy atom. The number of ketones is 1. The first kappa shape index (κ1) is 24.9. The second kappa shape index (κ2) is 10.6. The maximum atomic E-state index is 13.5. The molecule has 0 bridgehead atoms. The number of nitrogens with zero attached hydrogens (tertiary/aromatic N) is 2. The molecule has 3 aromatic rings. The molecule has 34 heavy (non-hydrogen) atoms.